The Morgan fingerprint density at radius 2 is 2.15 bits per heavy atom. The van der Waals surface area contributed by atoms with Gasteiger partial charge in [0.15, 0.2) is 10.4 Å². The van der Waals surface area contributed by atoms with Gasteiger partial charge in [0.1, 0.15) is 11.4 Å². The maximum absolute atomic E-state index is 13.0. The minimum Gasteiger partial charge on any atom is -0.593 e. The van der Waals surface area contributed by atoms with Gasteiger partial charge in [-0.25, -0.2) is 9.37 Å². The van der Waals surface area contributed by atoms with Gasteiger partial charge in [-0.2, -0.15) is 0 Å². The molecule has 1 saturated heterocycles. The first-order valence-electron chi connectivity index (χ1n) is 8.53. The van der Waals surface area contributed by atoms with Crippen LogP contribution in [0.3, 0.4) is 0 Å². The van der Waals surface area contributed by atoms with Crippen molar-refractivity contribution in [2.45, 2.75) is 23.3 Å². The second-order valence-corrected chi connectivity index (χ2v) is 8.52. The lowest BCUT2D eigenvalue weighted by atomic mass is 10.0. The summed E-state index contributed by atoms with van der Waals surface area (Å²) in [6, 6.07) is 8.77. The fourth-order valence-corrected chi connectivity index (χ4v) is 4.57. The molecule has 0 saturated carbocycles. The van der Waals surface area contributed by atoms with Gasteiger partial charge in [0, 0.05) is 25.2 Å². The summed E-state index contributed by atoms with van der Waals surface area (Å²) in [5.41, 5.74) is -0.137. The Balaban J connectivity index is 1.51. The lowest BCUT2D eigenvalue weighted by molar-refractivity contribution is -0.130. The van der Waals surface area contributed by atoms with Gasteiger partial charge in [0.05, 0.1) is 19.5 Å². The Morgan fingerprint density at radius 3 is 2.93 bits per heavy atom. The molecule has 2 aliphatic rings. The van der Waals surface area contributed by atoms with E-state index in [1.807, 2.05) is 0 Å². The molecule has 0 bridgehead atoms. The Morgan fingerprint density at radius 1 is 1.37 bits per heavy atom. The number of hydrogen-bond acceptors (Lipinski definition) is 5. The summed E-state index contributed by atoms with van der Waals surface area (Å²) in [4.78, 5) is 18.3. The largest absolute Gasteiger partial charge is 0.593 e. The van der Waals surface area contributed by atoms with E-state index in [1.54, 1.807) is 17.0 Å². The summed E-state index contributed by atoms with van der Waals surface area (Å²) < 4.78 is 46.3. The maximum Gasteiger partial charge on any atom is 0.272 e. The van der Waals surface area contributed by atoms with Gasteiger partial charge < -0.3 is 14.2 Å². The van der Waals surface area contributed by atoms with Gasteiger partial charge in [-0.05, 0) is 23.8 Å². The van der Waals surface area contributed by atoms with Crippen LogP contribution in [0.1, 0.15) is 12.0 Å². The number of rotatable bonds is 2. The van der Waals surface area contributed by atoms with Gasteiger partial charge in [-0.1, -0.05) is 16.3 Å². The minimum absolute atomic E-state index is 0.00189. The predicted molar refractivity (Wildman–Crippen MR) is 94.0 cm³/mol. The number of carbonyl (C=O) groups excluding carboxylic acids is 1. The van der Waals surface area contributed by atoms with Gasteiger partial charge in [0.2, 0.25) is 10.8 Å². The summed E-state index contributed by atoms with van der Waals surface area (Å²) in [6.07, 6.45) is 2.11. The van der Waals surface area contributed by atoms with E-state index in [9.17, 15) is 17.9 Å². The van der Waals surface area contributed by atoms with E-state index in [2.05, 4.69) is 9.71 Å². The first-order valence-corrected chi connectivity index (χ1v) is 10.0. The van der Waals surface area contributed by atoms with Gasteiger partial charge >= 0.3 is 0 Å². The van der Waals surface area contributed by atoms with E-state index >= 15 is 0 Å². The lowest BCUT2D eigenvalue weighted by Gasteiger charge is -2.27. The molecule has 1 N–H and O–H groups in total. The molecule has 3 heterocycles. The average Bonchev–Trinajstić information content (AvgIpc) is 3.02. The summed E-state index contributed by atoms with van der Waals surface area (Å²) in [5.74, 6) is -0.414. The minimum atomic E-state index is -3.71. The first-order chi connectivity index (χ1) is 12.9. The third-order valence-corrected chi connectivity index (χ3v) is 6.28. The zero-order valence-electron chi connectivity index (χ0n) is 14.4. The van der Waals surface area contributed by atoms with Crippen molar-refractivity contribution in [2.24, 2.45) is 0 Å². The second-order valence-electron chi connectivity index (χ2n) is 6.78. The van der Waals surface area contributed by atoms with Crippen molar-refractivity contribution in [1.29, 1.82) is 0 Å². The summed E-state index contributed by atoms with van der Waals surface area (Å²) in [5, 5.41) is 0. The molecule has 0 radical (unpaired) electrons. The van der Waals surface area contributed by atoms with Gasteiger partial charge in [-0.15, -0.1) is 4.72 Å². The number of aromatic nitrogens is 1. The third kappa shape index (κ3) is 3.58. The number of benzene rings is 1. The molecule has 142 valence electrons. The van der Waals surface area contributed by atoms with E-state index in [0.29, 0.717) is 13.0 Å². The van der Waals surface area contributed by atoms with Gasteiger partial charge in [0.25, 0.3) is 5.88 Å². The van der Waals surface area contributed by atoms with E-state index in [0.717, 1.165) is 5.56 Å². The normalized spacial score (nSPS) is 27.1. The van der Waals surface area contributed by atoms with Crippen molar-refractivity contribution in [3.05, 3.63) is 54.0 Å². The predicted octanol–water partition coefficient (Wildman–Crippen LogP) is 1.32. The molecule has 1 aromatic carbocycles. The highest BCUT2D eigenvalue weighted by atomic mass is 32.3. The smallest absolute Gasteiger partial charge is 0.272 e. The van der Waals surface area contributed by atoms with E-state index < -0.39 is 16.0 Å². The van der Waals surface area contributed by atoms with Crippen molar-refractivity contribution >= 4 is 16.3 Å². The van der Waals surface area contributed by atoms with E-state index in [4.69, 9.17) is 4.74 Å². The zero-order chi connectivity index (χ0) is 19.1. The molecule has 2 unspecified atom stereocenters. The van der Waals surface area contributed by atoms with Crippen LogP contribution >= 0.6 is 0 Å². The molecule has 2 aliphatic heterocycles. The monoisotopic (exact) mass is 391 g/mol. The number of sulfonamides is 1. The Hall–Kier alpha value is -2.36. The fraction of sp³-hybridized carbons (Fsp3) is 0.333. The number of carbonyl (C=O) groups is 1. The highest BCUT2D eigenvalue weighted by Gasteiger charge is 2.47. The van der Waals surface area contributed by atoms with Crippen LogP contribution in [0.2, 0.25) is 0 Å². The topological polar surface area (TPSA) is 94.6 Å². The van der Waals surface area contributed by atoms with Crippen LogP contribution < -0.4 is 9.46 Å². The number of nitrogens with zero attached hydrogens (tertiary/aromatic N) is 2. The molecule has 1 fully saturated rings. The number of pyridine rings is 1. The molecule has 1 amide bonds. The number of ether oxygens (including phenoxy) is 1. The molecule has 1 aromatic heterocycles. The van der Waals surface area contributed by atoms with Crippen LogP contribution in [-0.4, -0.2) is 45.6 Å². The summed E-state index contributed by atoms with van der Waals surface area (Å²) >= 11 is 0. The zero-order valence-corrected chi connectivity index (χ0v) is 15.2. The number of hydrogen-bond donors (Lipinski definition) is 1. The maximum atomic E-state index is 13.0. The van der Waals surface area contributed by atoms with Crippen LogP contribution in [-0.2, 0) is 25.8 Å². The van der Waals surface area contributed by atoms with Crippen molar-refractivity contribution in [1.82, 2.24) is 14.6 Å². The Labute approximate surface area is 156 Å². The molecule has 2 atom stereocenters. The Bertz CT molecular complexity index is 923. The van der Waals surface area contributed by atoms with E-state index in [1.165, 1.54) is 30.5 Å². The van der Waals surface area contributed by atoms with Crippen molar-refractivity contribution in [3.8, 4) is 5.88 Å². The quantitative estimate of drug-likeness (QED) is 0.779. The number of fused-ring (bicyclic) bond motifs is 1. The standard InChI is InChI=1S/C18H18FN3O4S/c19-14-5-3-13(4-6-14)10-16(23)22-9-7-18(12-22)11-21-27(24,25)15-2-1-8-20-17(15)26-18/h1-6,8H,7,9-12H2,(H-,21,24,25). The molecule has 0 aliphatic carbocycles. The fourth-order valence-electron chi connectivity index (χ4n) is 3.38. The van der Waals surface area contributed by atoms with E-state index in [-0.39, 0.29) is 42.0 Å². The molecule has 27 heavy (non-hydrogen) atoms. The molecule has 9 heteroatoms. The Kier molecular flexibility index (Phi) is 4.45. The first kappa shape index (κ1) is 18.0. The highest BCUT2D eigenvalue weighted by Crippen LogP contribution is 2.35. The van der Waals surface area contributed by atoms with Crippen LogP contribution in [0.5, 0.6) is 5.88 Å². The van der Waals surface area contributed by atoms with Crippen LogP contribution in [0.15, 0.2) is 47.5 Å². The molecular formula is C18H18FN3O4S. The average molecular weight is 391 g/mol. The van der Waals surface area contributed by atoms with Crippen LogP contribution in [0.4, 0.5) is 4.39 Å². The summed E-state index contributed by atoms with van der Waals surface area (Å²) in [6.45, 7) is 0.765. The molecule has 1 spiro atoms. The van der Waals surface area contributed by atoms with Crippen molar-refractivity contribution < 1.29 is 22.7 Å². The second kappa shape index (κ2) is 6.66. The third-order valence-electron chi connectivity index (χ3n) is 4.86. The lowest BCUT2D eigenvalue weighted by Crippen LogP contribution is -2.49. The molecule has 7 nitrogen and oxygen atoms in total. The number of nitrogens with one attached hydrogen (secondary N) is 1. The molecule has 2 aromatic rings. The van der Waals surface area contributed by atoms with Crippen molar-refractivity contribution in [3.63, 3.8) is 0 Å². The van der Waals surface area contributed by atoms with Crippen molar-refractivity contribution in [2.75, 3.05) is 19.6 Å². The SMILES string of the molecule is O=C(Cc1ccc(F)cc1)N1CCC2(CN[S+](=O)([O-])c3cccnc3O2)C1. The van der Waals surface area contributed by atoms with Crippen LogP contribution in [0.25, 0.3) is 0 Å². The summed E-state index contributed by atoms with van der Waals surface area (Å²) in [7, 11) is -3.71. The van der Waals surface area contributed by atoms with Gasteiger partial charge in [-0.3, -0.25) is 4.79 Å². The number of halogens is 1. The highest BCUT2D eigenvalue weighted by molar-refractivity contribution is 7.95. The number of likely N-dealkylation sites (tertiary alicyclic amines) is 1. The molecule has 4 rings (SSSR count). The van der Waals surface area contributed by atoms with Crippen LogP contribution in [0, 0.1) is 5.82 Å². The molecular weight excluding hydrogens is 373 g/mol. The number of amides is 1.